The summed E-state index contributed by atoms with van der Waals surface area (Å²) in [4.78, 5) is 31.7. The Bertz CT molecular complexity index is 1290. The molecule has 2 aromatic rings. The van der Waals surface area contributed by atoms with E-state index >= 15 is 0 Å². The molecule has 2 aliphatic rings. The maximum Gasteiger partial charge on any atom is 0.430 e. The molecule has 1 aromatic heterocycles. The van der Waals surface area contributed by atoms with Crippen LogP contribution in [0.1, 0.15) is 77.1 Å². The number of likely N-dealkylation sites (tertiary alicyclic amines) is 1. The fraction of sp³-hybridized carbons (Fsp3) is 0.560. The SMILES string of the molecule is CC(F)c1cc(C(O)(C(F)(F)F)C(F)(F)F)ccc1-c1sc(C(=O)NCC2(O)CC2)nc1C(=O)N1CCC[C@@H]1C. The highest BCUT2D eigenvalue weighted by molar-refractivity contribution is 7.17. The van der Waals surface area contributed by atoms with E-state index in [2.05, 4.69) is 10.3 Å². The molecular weight excluding hydrogens is 571 g/mol. The lowest BCUT2D eigenvalue weighted by molar-refractivity contribution is -0.376. The summed E-state index contributed by atoms with van der Waals surface area (Å²) in [5, 5.41) is 22.1. The molecule has 3 N–H and O–H groups in total. The zero-order chi connectivity index (χ0) is 29.8. The Morgan fingerprint density at radius 1 is 1.20 bits per heavy atom. The minimum Gasteiger partial charge on any atom is -0.388 e. The molecule has 7 nitrogen and oxygen atoms in total. The van der Waals surface area contributed by atoms with E-state index in [-0.39, 0.29) is 39.8 Å². The van der Waals surface area contributed by atoms with Crippen molar-refractivity contribution in [3.05, 3.63) is 40.0 Å². The summed E-state index contributed by atoms with van der Waals surface area (Å²) in [6.07, 6.45) is -12.2. The van der Waals surface area contributed by atoms with Crippen LogP contribution in [-0.4, -0.2) is 69.0 Å². The Balaban J connectivity index is 1.84. The van der Waals surface area contributed by atoms with Gasteiger partial charge in [0.1, 0.15) is 11.9 Å². The second-order valence-corrected chi connectivity index (χ2v) is 11.2. The van der Waals surface area contributed by atoms with Gasteiger partial charge in [0.25, 0.3) is 17.4 Å². The van der Waals surface area contributed by atoms with Crippen molar-refractivity contribution in [2.24, 2.45) is 0 Å². The molecule has 0 spiro atoms. The van der Waals surface area contributed by atoms with Crippen LogP contribution in [0, 0.1) is 0 Å². The van der Waals surface area contributed by atoms with E-state index in [4.69, 9.17) is 0 Å². The summed E-state index contributed by atoms with van der Waals surface area (Å²) < 4.78 is 95.7. The number of carbonyl (C=O) groups excluding carboxylic acids is 2. The molecule has 15 heteroatoms. The first kappa shape index (κ1) is 30.2. The fourth-order valence-corrected chi connectivity index (χ4v) is 5.59. The van der Waals surface area contributed by atoms with Crippen LogP contribution in [0.15, 0.2) is 18.2 Å². The van der Waals surface area contributed by atoms with Crippen molar-refractivity contribution in [3.8, 4) is 10.4 Å². The summed E-state index contributed by atoms with van der Waals surface area (Å²) in [6, 6.07) is 1.15. The molecule has 4 rings (SSSR count). The Labute approximate surface area is 228 Å². The first-order chi connectivity index (χ1) is 18.4. The molecule has 2 atom stereocenters. The first-order valence-corrected chi connectivity index (χ1v) is 13.2. The third-order valence-corrected chi connectivity index (χ3v) is 8.29. The molecule has 2 heterocycles. The molecule has 40 heavy (non-hydrogen) atoms. The normalized spacial score (nSPS) is 20.0. The molecule has 1 saturated carbocycles. The van der Waals surface area contributed by atoms with Crippen molar-refractivity contribution in [2.45, 2.75) is 75.3 Å². The highest BCUT2D eigenvalue weighted by Gasteiger charge is 2.71. The summed E-state index contributed by atoms with van der Waals surface area (Å²) in [7, 11) is 0. The highest BCUT2D eigenvalue weighted by atomic mass is 32.1. The van der Waals surface area contributed by atoms with E-state index in [0.717, 1.165) is 13.0 Å². The number of nitrogens with zero attached hydrogens (tertiary/aromatic N) is 2. The average Bonchev–Trinajstić information content (AvgIpc) is 3.24. The number of rotatable bonds is 7. The van der Waals surface area contributed by atoms with Crippen LogP contribution in [0.3, 0.4) is 0 Å². The van der Waals surface area contributed by atoms with E-state index in [1.807, 2.05) is 0 Å². The number of carbonyl (C=O) groups is 2. The molecule has 1 unspecified atom stereocenters. The van der Waals surface area contributed by atoms with Crippen molar-refractivity contribution >= 4 is 23.2 Å². The predicted molar refractivity (Wildman–Crippen MR) is 129 cm³/mol. The summed E-state index contributed by atoms with van der Waals surface area (Å²) in [5.41, 5.74) is -9.23. The number of hydrogen-bond donors (Lipinski definition) is 3. The number of halogens is 7. The lowest BCUT2D eigenvalue weighted by Crippen LogP contribution is -2.54. The van der Waals surface area contributed by atoms with Crippen molar-refractivity contribution in [1.29, 1.82) is 0 Å². The lowest BCUT2D eigenvalue weighted by atomic mass is 9.88. The second-order valence-electron chi connectivity index (χ2n) is 10.2. The fourth-order valence-electron chi connectivity index (χ4n) is 4.57. The molecular formula is C25H26F7N3O4S. The van der Waals surface area contributed by atoms with E-state index in [1.54, 1.807) is 6.92 Å². The Hall–Kier alpha value is -2.78. The van der Waals surface area contributed by atoms with Crippen LogP contribution in [0.2, 0.25) is 0 Å². The average molecular weight is 598 g/mol. The van der Waals surface area contributed by atoms with Gasteiger partial charge in [-0.1, -0.05) is 12.1 Å². The molecule has 1 saturated heterocycles. The van der Waals surface area contributed by atoms with Gasteiger partial charge in [-0.3, -0.25) is 9.59 Å². The van der Waals surface area contributed by atoms with Gasteiger partial charge in [0, 0.05) is 30.3 Å². The minimum absolute atomic E-state index is 0.0951. The third-order valence-electron chi connectivity index (χ3n) is 7.21. The monoisotopic (exact) mass is 597 g/mol. The van der Waals surface area contributed by atoms with Gasteiger partial charge in [-0.05, 0) is 51.2 Å². The Morgan fingerprint density at radius 2 is 1.82 bits per heavy atom. The number of aliphatic hydroxyl groups is 2. The number of nitrogens with one attached hydrogen (secondary N) is 1. The smallest absolute Gasteiger partial charge is 0.388 e. The standard InChI is InChI=1S/C25H26F7N3O4S/c1-12-4-3-9-35(12)21(37)17-18(40-20(34-17)19(36)33-11-22(38)7-8-22)15-6-5-14(10-16(15)13(2)26)23(39,24(27,28)29)25(30,31)32/h5-6,10,12-13,38-39H,3-4,7-9,11H2,1-2H3,(H,33,36)/t12-,13?/m0/s1. The van der Waals surface area contributed by atoms with Crippen LogP contribution in [0.25, 0.3) is 10.4 Å². The molecule has 1 aliphatic carbocycles. The number of hydrogen-bond acceptors (Lipinski definition) is 6. The van der Waals surface area contributed by atoms with E-state index in [9.17, 15) is 50.5 Å². The molecule has 2 fully saturated rings. The zero-order valence-corrected chi connectivity index (χ0v) is 22.1. The minimum atomic E-state index is -6.18. The Kier molecular flexibility index (Phi) is 7.73. The van der Waals surface area contributed by atoms with Crippen LogP contribution >= 0.6 is 11.3 Å². The number of benzene rings is 1. The maximum absolute atomic E-state index is 14.8. The quantitative estimate of drug-likeness (QED) is 0.389. The van der Waals surface area contributed by atoms with Gasteiger partial charge in [0.05, 0.1) is 10.5 Å². The lowest BCUT2D eigenvalue weighted by Gasteiger charge is -2.33. The van der Waals surface area contributed by atoms with Crippen molar-refractivity contribution < 1.29 is 50.5 Å². The van der Waals surface area contributed by atoms with Gasteiger partial charge in [0.15, 0.2) is 5.01 Å². The van der Waals surface area contributed by atoms with Crippen molar-refractivity contribution in [2.75, 3.05) is 13.1 Å². The molecule has 2 amide bonds. The number of alkyl halides is 7. The van der Waals surface area contributed by atoms with Gasteiger partial charge in [0.2, 0.25) is 0 Å². The number of amides is 2. The van der Waals surface area contributed by atoms with Crippen molar-refractivity contribution in [3.63, 3.8) is 0 Å². The van der Waals surface area contributed by atoms with E-state index in [0.29, 0.717) is 49.6 Å². The number of thiazole rings is 1. The summed E-state index contributed by atoms with van der Waals surface area (Å²) in [6.45, 7) is 2.90. The molecule has 220 valence electrons. The van der Waals surface area contributed by atoms with Crippen LogP contribution in [-0.2, 0) is 5.60 Å². The van der Waals surface area contributed by atoms with Gasteiger partial charge in [-0.15, -0.1) is 11.3 Å². The van der Waals surface area contributed by atoms with E-state index < -0.39 is 52.7 Å². The molecule has 0 radical (unpaired) electrons. The van der Waals surface area contributed by atoms with Crippen LogP contribution in [0.4, 0.5) is 30.7 Å². The summed E-state index contributed by atoms with van der Waals surface area (Å²) in [5.74, 6) is -1.41. The topological polar surface area (TPSA) is 103 Å². The molecule has 0 bridgehead atoms. The third kappa shape index (κ3) is 5.42. The molecule has 1 aromatic carbocycles. The number of aromatic nitrogens is 1. The molecule has 1 aliphatic heterocycles. The van der Waals surface area contributed by atoms with Gasteiger partial charge < -0.3 is 20.4 Å². The van der Waals surface area contributed by atoms with Crippen LogP contribution < -0.4 is 5.32 Å². The Morgan fingerprint density at radius 3 is 2.33 bits per heavy atom. The highest BCUT2D eigenvalue weighted by Crippen LogP contribution is 2.51. The first-order valence-electron chi connectivity index (χ1n) is 12.4. The van der Waals surface area contributed by atoms with Gasteiger partial charge in [-0.2, -0.15) is 26.3 Å². The van der Waals surface area contributed by atoms with E-state index in [1.165, 1.54) is 4.90 Å². The largest absolute Gasteiger partial charge is 0.430 e. The van der Waals surface area contributed by atoms with Crippen molar-refractivity contribution in [1.82, 2.24) is 15.2 Å². The summed E-state index contributed by atoms with van der Waals surface area (Å²) >= 11 is 0.610. The maximum atomic E-state index is 14.8. The van der Waals surface area contributed by atoms with Gasteiger partial charge >= 0.3 is 12.4 Å². The second kappa shape index (κ2) is 10.2. The predicted octanol–water partition coefficient (Wildman–Crippen LogP) is 5.03. The van der Waals surface area contributed by atoms with Crippen LogP contribution in [0.5, 0.6) is 0 Å². The van der Waals surface area contributed by atoms with Gasteiger partial charge in [-0.25, -0.2) is 9.37 Å². The zero-order valence-electron chi connectivity index (χ0n) is 21.3.